The van der Waals surface area contributed by atoms with Gasteiger partial charge in [-0.2, -0.15) is 0 Å². The van der Waals surface area contributed by atoms with Gasteiger partial charge in [0.15, 0.2) is 0 Å². The maximum absolute atomic E-state index is 12.6. The van der Waals surface area contributed by atoms with Crippen LogP contribution in [0.5, 0.6) is 0 Å². The molecular formula is C18H26N4O2. The van der Waals surface area contributed by atoms with Crippen LogP contribution < -0.4 is 0 Å². The molecule has 4 heterocycles. The normalized spacial score (nSPS) is 25.2. The van der Waals surface area contributed by atoms with Crippen molar-refractivity contribution < 1.29 is 9.53 Å². The fourth-order valence-electron chi connectivity index (χ4n) is 3.95. The van der Waals surface area contributed by atoms with Gasteiger partial charge in [-0.1, -0.05) is 12.2 Å². The summed E-state index contributed by atoms with van der Waals surface area (Å²) in [6, 6.07) is 0.264. The molecule has 0 spiro atoms. The first-order valence-corrected chi connectivity index (χ1v) is 9.05. The molecule has 24 heavy (non-hydrogen) atoms. The zero-order valence-corrected chi connectivity index (χ0v) is 14.4. The average Bonchev–Trinajstić information content (AvgIpc) is 3.27. The van der Waals surface area contributed by atoms with Crippen molar-refractivity contribution in [2.24, 2.45) is 5.92 Å². The summed E-state index contributed by atoms with van der Waals surface area (Å²) in [4.78, 5) is 21.6. The van der Waals surface area contributed by atoms with Crippen molar-refractivity contribution >= 4 is 5.91 Å². The average molecular weight is 330 g/mol. The van der Waals surface area contributed by atoms with Crippen LogP contribution in [0.25, 0.3) is 0 Å². The second kappa shape index (κ2) is 6.69. The molecule has 1 aromatic rings. The van der Waals surface area contributed by atoms with Gasteiger partial charge in [-0.05, 0) is 25.7 Å². The molecule has 1 atom stereocenters. The number of nitrogens with zero attached hydrogens (tertiary/aromatic N) is 4. The molecule has 1 saturated heterocycles. The quantitative estimate of drug-likeness (QED) is 0.792. The molecule has 1 amide bonds. The Balaban J connectivity index is 1.46. The molecule has 0 radical (unpaired) electrons. The predicted octanol–water partition coefficient (Wildman–Crippen LogP) is 1.70. The molecule has 0 bridgehead atoms. The van der Waals surface area contributed by atoms with Crippen LogP contribution in [0, 0.1) is 5.92 Å². The molecule has 0 aromatic carbocycles. The Labute approximate surface area is 143 Å². The number of ether oxygens (including phenoxy) is 1. The number of hydrogen-bond acceptors (Lipinski definition) is 4. The summed E-state index contributed by atoms with van der Waals surface area (Å²) in [5.41, 5.74) is 0.591. The van der Waals surface area contributed by atoms with Gasteiger partial charge >= 0.3 is 0 Å². The van der Waals surface area contributed by atoms with E-state index in [1.165, 1.54) is 0 Å². The first-order chi connectivity index (χ1) is 11.7. The highest BCUT2D eigenvalue weighted by atomic mass is 16.5. The fraction of sp³-hybridized carbons (Fsp3) is 0.667. The Morgan fingerprint density at radius 3 is 2.75 bits per heavy atom. The van der Waals surface area contributed by atoms with Crippen molar-refractivity contribution in [1.82, 2.24) is 19.4 Å². The van der Waals surface area contributed by atoms with E-state index in [4.69, 9.17) is 9.72 Å². The van der Waals surface area contributed by atoms with E-state index in [9.17, 15) is 4.79 Å². The number of fused-ring (bicyclic) bond motifs is 1. The largest absolute Gasteiger partial charge is 0.381 e. The number of carbonyl (C=O) groups excluding carboxylic acids is 1. The second-order valence-electron chi connectivity index (χ2n) is 7.09. The van der Waals surface area contributed by atoms with Crippen LogP contribution in [-0.2, 0) is 11.3 Å². The van der Waals surface area contributed by atoms with E-state index in [1.807, 2.05) is 23.2 Å². The molecule has 0 N–H and O–H groups in total. The predicted molar refractivity (Wildman–Crippen MR) is 90.8 cm³/mol. The first-order valence-electron chi connectivity index (χ1n) is 9.05. The number of amides is 1. The Morgan fingerprint density at radius 2 is 2.00 bits per heavy atom. The monoisotopic (exact) mass is 330 g/mol. The first kappa shape index (κ1) is 15.8. The third kappa shape index (κ3) is 3.00. The van der Waals surface area contributed by atoms with Crippen LogP contribution in [0.1, 0.15) is 42.1 Å². The minimum absolute atomic E-state index is 0.0464. The highest BCUT2D eigenvalue weighted by Gasteiger charge is 2.30. The van der Waals surface area contributed by atoms with Gasteiger partial charge in [-0.25, -0.2) is 4.98 Å². The van der Waals surface area contributed by atoms with Crippen molar-refractivity contribution in [3.8, 4) is 0 Å². The Kier molecular flexibility index (Phi) is 4.41. The second-order valence-corrected chi connectivity index (χ2v) is 7.09. The molecular weight excluding hydrogens is 304 g/mol. The molecule has 3 aliphatic heterocycles. The molecule has 130 valence electrons. The van der Waals surface area contributed by atoms with Gasteiger partial charge in [0.1, 0.15) is 11.5 Å². The SMILES string of the molecule is C[C@@H]1c2nc(C(=O)N3CC=CC3)cn2CCN1CC1CCOCC1. The van der Waals surface area contributed by atoms with Crippen molar-refractivity contribution in [2.45, 2.75) is 32.4 Å². The molecule has 0 unspecified atom stereocenters. The lowest BCUT2D eigenvalue weighted by molar-refractivity contribution is 0.0411. The Bertz CT molecular complexity index is 625. The lowest BCUT2D eigenvalue weighted by Crippen LogP contribution is -2.40. The van der Waals surface area contributed by atoms with Gasteiger partial charge in [0.25, 0.3) is 5.91 Å². The van der Waals surface area contributed by atoms with Crippen LogP contribution in [-0.4, -0.2) is 64.7 Å². The maximum Gasteiger partial charge on any atom is 0.274 e. The number of hydrogen-bond donors (Lipinski definition) is 0. The van der Waals surface area contributed by atoms with Gasteiger partial charge < -0.3 is 14.2 Å². The summed E-state index contributed by atoms with van der Waals surface area (Å²) in [6.45, 7) is 8.45. The van der Waals surface area contributed by atoms with Crippen molar-refractivity contribution in [3.63, 3.8) is 0 Å². The van der Waals surface area contributed by atoms with Gasteiger partial charge in [-0.15, -0.1) is 0 Å². The topological polar surface area (TPSA) is 50.6 Å². The van der Waals surface area contributed by atoms with E-state index in [-0.39, 0.29) is 11.9 Å². The molecule has 1 aromatic heterocycles. The van der Waals surface area contributed by atoms with Crippen molar-refractivity contribution in [1.29, 1.82) is 0 Å². The van der Waals surface area contributed by atoms with E-state index in [2.05, 4.69) is 16.4 Å². The molecule has 1 fully saturated rings. The third-order valence-corrected chi connectivity index (χ3v) is 5.52. The smallest absolute Gasteiger partial charge is 0.274 e. The highest BCUT2D eigenvalue weighted by molar-refractivity contribution is 5.92. The summed E-state index contributed by atoms with van der Waals surface area (Å²) in [5.74, 6) is 1.80. The van der Waals surface area contributed by atoms with Crippen molar-refractivity contribution in [3.05, 3.63) is 29.9 Å². The summed E-state index contributed by atoms with van der Waals surface area (Å²) < 4.78 is 7.64. The van der Waals surface area contributed by atoms with E-state index < -0.39 is 0 Å². The Hall–Kier alpha value is -1.66. The van der Waals surface area contributed by atoms with Crippen LogP contribution >= 0.6 is 0 Å². The van der Waals surface area contributed by atoms with E-state index in [0.29, 0.717) is 18.8 Å². The summed E-state index contributed by atoms with van der Waals surface area (Å²) in [7, 11) is 0. The number of imidazole rings is 1. The number of aromatic nitrogens is 2. The number of carbonyl (C=O) groups is 1. The van der Waals surface area contributed by atoms with E-state index >= 15 is 0 Å². The highest BCUT2D eigenvalue weighted by Crippen LogP contribution is 2.28. The van der Waals surface area contributed by atoms with Gasteiger partial charge in [-0.3, -0.25) is 9.69 Å². The van der Waals surface area contributed by atoms with Crippen LogP contribution in [0.4, 0.5) is 0 Å². The lowest BCUT2D eigenvalue weighted by Gasteiger charge is -2.37. The number of rotatable bonds is 3. The zero-order chi connectivity index (χ0) is 16.5. The fourth-order valence-corrected chi connectivity index (χ4v) is 3.95. The van der Waals surface area contributed by atoms with Crippen LogP contribution in [0.15, 0.2) is 18.3 Å². The summed E-state index contributed by atoms with van der Waals surface area (Å²) >= 11 is 0. The zero-order valence-electron chi connectivity index (χ0n) is 14.4. The van der Waals surface area contributed by atoms with E-state index in [1.54, 1.807) is 0 Å². The molecule has 0 saturated carbocycles. The maximum atomic E-state index is 12.6. The minimum atomic E-state index is 0.0464. The molecule has 4 rings (SSSR count). The van der Waals surface area contributed by atoms with Crippen molar-refractivity contribution in [2.75, 3.05) is 39.4 Å². The minimum Gasteiger partial charge on any atom is -0.381 e. The van der Waals surface area contributed by atoms with Gasteiger partial charge in [0.2, 0.25) is 0 Å². The van der Waals surface area contributed by atoms with Gasteiger partial charge in [0.05, 0.1) is 6.04 Å². The molecule has 0 aliphatic carbocycles. The lowest BCUT2D eigenvalue weighted by atomic mass is 9.98. The van der Waals surface area contributed by atoms with Crippen LogP contribution in [0.3, 0.4) is 0 Å². The Morgan fingerprint density at radius 1 is 1.25 bits per heavy atom. The van der Waals surface area contributed by atoms with Crippen LogP contribution in [0.2, 0.25) is 0 Å². The summed E-state index contributed by atoms with van der Waals surface area (Å²) in [5, 5.41) is 0. The standard InChI is InChI=1S/C18H26N4O2/c1-14-17-19-16(18(23)20-6-2-3-7-20)13-22(17)9-8-21(14)12-15-4-10-24-11-5-15/h2-3,13-15H,4-12H2,1H3/t14-/m1/s1. The van der Waals surface area contributed by atoms with Gasteiger partial charge in [0, 0.05) is 52.1 Å². The summed E-state index contributed by atoms with van der Waals surface area (Å²) in [6.07, 6.45) is 8.32. The molecule has 6 nitrogen and oxygen atoms in total. The molecule has 6 heteroatoms. The third-order valence-electron chi connectivity index (χ3n) is 5.52. The van der Waals surface area contributed by atoms with E-state index in [0.717, 1.165) is 57.4 Å². The molecule has 3 aliphatic rings.